The van der Waals surface area contributed by atoms with Crippen molar-refractivity contribution in [2.75, 3.05) is 6.54 Å². The van der Waals surface area contributed by atoms with Crippen LogP contribution in [0.4, 0.5) is 0 Å². The number of thiazole rings is 1. The van der Waals surface area contributed by atoms with E-state index in [1.807, 2.05) is 17.5 Å². The van der Waals surface area contributed by atoms with Crippen molar-refractivity contribution in [1.29, 1.82) is 0 Å². The van der Waals surface area contributed by atoms with E-state index in [4.69, 9.17) is 17.2 Å². The Kier molecular flexibility index (Phi) is 7.82. The molecular formula is C22H25N9O5S2. The summed E-state index contributed by atoms with van der Waals surface area (Å²) in [4.78, 5) is 69.4. The number of thiophene rings is 1. The van der Waals surface area contributed by atoms with Gasteiger partial charge in [-0.05, 0) is 31.2 Å². The van der Waals surface area contributed by atoms with Crippen molar-refractivity contribution >= 4 is 52.2 Å². The number of hydrogen-bond acceptors (Lipinski definition) is 10. The van der Waals surface area contributed by atoms with E-state index in [0.29, 0.717) is 5.01 Å². The Bertz CT molecular complexity index is 1380. The van der Waals surface area contributed by atoms with E-state index < -0.39 is 47.7 Å². The highest BCUT2D eigenvalue weighted by molar-refractivity contribution is 7.10. The molecule has 0 unspecified atom stereocenters. The van der Waals surface area contributed by atoms with Crippen molar-refractivity contribution in [3.05, 3.63) is 49.9 Å². The Morgan fingerprint density at radius 3 is 2.50 bits per heavy atom. The molecule has 0 aromatic carbocycles. The topological polar surface area (TPSA) is 222 Å². The standard InChI is InChI=1S/C22H25N9O5S2/c1-10-26-14(9-38-10)22(36)30-5-4-11(31-17(20(25)34)16(19(24)33)28-29-31)7-15(30)21(35)27-13(18(23)32)8-12-3-2-6-37-12/h2-3,6,9,11,13,15H,4-5,7-8H2,1H3,(H2,23,32)(H2,24,33)(H2,25,34)(H,27,35)/t11-,13-,15-/m0/s1. The van der Waals surface area contributed by atoms with Crippen LogP contribution in [0.5, 0.6) is 0 Å². The van der Waals surface area contributed by atoms with E-state index in [0.717, 1.165) is 9.56 Å². The summed E-state index contributed by atoms with van der Waals surface area (Å²) in [5.41, 5.74) is 15.8. The largest absolute Gasteiger partial charge is 0.368 e. The summed E-state index contributed by atoms with van der Waals surface area (Å²) in [5, 5.41) is 14.4. The number of aryl methyl sites for hydroxylation is 1. The Morgan fingerprint density at radius 1 is 1.16 bits per heavy atom. The number of hydrogen-bond donors (Lipinski definition) is 4. The van der Waals surface area contributed by atoms with Gasteiger partial charge in [-0.3, -0.25) is 24.0 Å². The zero-order chi connectivity index (χ0) is 27.6. The Balaban J connectivity index is 1.65. The fraction of sp³-hybridized carbons (Fsp3) is 0.364. The molecule has 0 radical (unpaired) electrons. The minimum atomic E-state index is -1.09. The molecule has 7 N–H and O–H groups in total. The van der Waals surface area contributed by atoms with Crippen molar-refractivity contribution in [1.82, 2.24) is 30.2 Å². The normalized spacial score (nSPS) is 18.1. The number of piperidine rings is 1. The van der Waals surface area contributed by atoms with Gasteiger partial charge in [-0.1, -0.05) is 11.3 Å². The summed E-state index contributed by atoms with van der Waals surface area (Å²) >= 11 is 2.71. The molecular weight excluding hydrogens is 534 g/mol. The number of nitrogens with two attached hydrogens (primary N) is 3. The average molecular weight is 560 g/mol. The van der Waals surface area contributed by atoms with Gasteiger partial charge in [-0.25, -0.2) is 9.67 Å². The minimum absolute atomic E-state index is 0.0208. The summed E-state index contributed by atoms with van der Waals surface area (Å²) in [7, 11) is 0. The number of rotatable bonds is 9. The van der Waals surface area contributed by atoms with E-state index in [1.54, 1.807) is 12.3 Å². The number of nitrogens with zero attached hydrogens (tertiary/aromatic N) is 5. The number of carbonyl (C=O) groups is 5. The molecule has 200 valence electrons. The zero-order valence-electron chi connectivity index (χ0n) is 20.2. The molecule has 3 aromatic heterocycles. The lowest BCUT2D eigenvalue weighted by Crippen LogP contribution is -2.57. The van der Waals surface area contributed by atoms with Crippen LogP contribution in [-0.4, -0.2) is 73.0 Å². The maximum Gasteiger partial charge on any atom is 0.274 e. The second-order valence-corrected chi connectivity index (χ2v) is 10.7. The second kappa shape index (κ2) is 11.1. The lowest BCUT2D eigenvalue weighted by atomic mass is 9.95. The fourth-order valence-electron chi connectivity index (χ4n) is 4.33. The SMILES string of the molecule is Cc1nc(C(=O)N2CC[C@H](n3nnc(C(N)=O)c3C(N)=O)C[C@H]2C(=O)N[C@@H](Cc2cccs2)C(N)=O)cs1. The third kappa shape index (κ3) is 5.55. The van der Waals surface area contributed by atoms with Crippen molar-refractivity contribution in [2.45, 2.75) is 44.3 Å². The predicted molar refractivity (Wildman–Crippen MR) is 136 cm³/mol. The van der Waals surface area contributed by atoms with Crippen LogP contribution < -0.4 is 22.5 Å². The predicted octanol–water partition coefficient (Wildman–Crippen LogP) is -0.639. The van der Waals surface area contributed by atoms with Crippen LogP contribution in [0, 0.1) is 6.92 Å². The van der Waals surface area contributed by atoms with Crippen molar-refractivity contribution in [2.24, 2.45) is 17.2 Å². The Labute approximate surface area is 224 Å². The highest BCUT2D eigenvalue weighted by Crippen LogP contribution is 2.30. The molecule has 4 rings (SSSR count). The number of carbonyl (C=O) groups excluding carboxylic acids is 5. The molecule has 16 heteroatoms. The monoisotopic (exact) mass is 559 g/mol. The van der Waals surface area contributed by atoms with Gasteiger partial charge in [0.1, 0.15) is 17.8 Å². The first-order valence-electron chi connectivity index (χ1n) is 11.5. The molecule has 3 atom stereocenters. The molecule has 1 saturated heterocycles. The van der Waals surface area contributed by atoms with Gasteiger partial charge in [0.05, 0.1) is 11.0 Å². The fourth-order valence-corrected chi connectivity index (χ4v) is 5.67. The number of amides is 5. The Morgan fingerprint density at radius 2 is 1.92 bits per heavy atom. The molecule has 4 heterocycles. The highest BCUT2D eigenvalue weighted by atomic mass is 32.1. The number of aromatic nitrogens is 4. The summed E-state index contributed by atoms with van der Waals surface area (Å²) in [6.45, 7) is 1.83. The number of likely N-dealkylation sites (tertiary alicyclic amines) is 1. The van der Waals surface area contributed by atoms with Crippen LogP contribution in [0.15, 0.2) is 22.9 Å². The molecule has 0 aliphatic carbocycles. The van der Waals surface area contributed by atoms with Gasteiger partial charge in [-0.15, -0.1) is 27.8 Å². The lowest BCUT2D eigenvalue weighted by molar-refractivity contribution is -0.131. The molecule has 0 bridgehead atoms. The quantitative estimate of drug-likeness (QED) is 0.263. The smallest absolute Gasteiger partial charge is 0.274 e. The number of primary amides is 3. The van der Waals surface area contributed by atoms with Gasteiger partial charge < -0.3 is 27.4 Å². The lowest BCUT2D eigenvalue weighted by Gasteiger charge is -2.38. The maximum absolute atomic E-state index is 13.6. The first-order chi connectivity index (χ1) is 18.1. The van der Waals surface area contributed by atoms with Crippen LogP contribution in [-0.2, 0) is 16.0 Å². The molecule has 3 aromatic rings. The maximum atomic E-state index is 13.6. The van der Waals surface area contributed by atoms with Crippen molar-refractivity contribution < 1.29 is 24.0 Å². The summed E-state index contributed by atoms with van der Waals surface area (Å²) in [6, 6.07) is 0.885. The van der Waals surface area contributed by atoms with Crippen LogP contribution >= 0.6 is 22.7 Å². The van der Waals surface area contributed by atoms with Gasteiger partial charge in [0.25, 0.3) is 17.7 Å². The van der Waals surface area contributed by atoms with E-state index in [9.17, 15) is 24.0 Å². The third-order valence-corrected chi connectivity index (χ3v) is 7.80. The molecule has 1 aliphatic rings. The van der Waals surface area contributed by atoms with E-state index in [1.165, 1.54) is 27.6 Å². The van der Waals surface area contributed by atoms with E-state index >= 15 is 0 Å². The van der Waals surface area contributed by atoms with Crippen molar-refractivity contribution in [3.63, 3.8) is 0 Å². The van der Waals surface area contributed by atoms with E-state index in [2.05, 4.69) is 20.6 Å². The van der Waals surface area contributed by atoms with Crippen LogP contribution in [0.3, 0.4) is 0 Å². The molecule has 1 fully saturated rings. The van der Waals surface area contributed by atoms with Gasteiger partial charge in [0, 0.05) is 23.2 Å². The average Bonchev–Trinajstić information content (AvgIpc) is 3.63. The van der Waals surface area contributed by atoms with E-state index in [-0.39, 0.29) is 42.9 Å². The first kappa shape index (κ1) is 26.9. The Hall–Kier alpha value is -4.18. The molecule has 38 heavy (non-hydrogen) atoms. The summed E-state index contributed by atoms with van der Waals surface area (Å²) in [6.07, 6.45) is 0.424. The molecule has 5 amide bonds. The second-order valence-electron chi connectivity index (χ2n) is 8.65. The third-order valence-electron chi connectivity index (χ3n) is 6.13. The van der Waals surface area contributed by atoms with Crippen LogP contribution in [0.2, 0.25) is 0 Å². The van der Waals surface area contributed by atoms with Crippen molar-refractivity contribution in [3.8, 4) is 0 Å². The minimum Gasteiger partial charge on any atom is -0.368 e. The van der Waals surface area contributed by atoms with Gasteiger partial charge in [0.15, 0.2) is 11.4 Å². The zero-order valence-corrected chi connectivity index (χ0v) is 21.8. The number of nitrogens with one attached hydrogen (secondary N) is 1. The summed E-state index contributed by atoms with van der Waals surface area (Å²) < 4.78 is 1.16. The van der Waals surface area contributed by atoms with Crippen LogP contribution in [0.1, 0.15) is 60.2 Å². The van der Waals surface area contributed by atoms with Gasteiger partial charge >= 0.3 is 0 Å². The highest BCUT2D eigenvalue weighted by Gasteiger charge is 2.40. The van der Waals surface area contributed by atoms with Gasteiger partial charge in [0.2, 0.25) is 11.8 Å². The molecule has 0 saturated carbocycles. The van der Waals surface area contributed by atoms with Gasteiger partial charge in [-0.2, -0.15) is 0 Å². The molecule has 1 aliphatic heterocycles. The molecule has 0 spiro atoms. The summed E-state index contributed by atoms with van der Waals surface area (Å²) in [5.74, 6) is -3.76. The van der Waals surface area contributed by atoms with Crippen LogP contribution in [0.25, 0.3) is 0 Å². The molecule has 14 nitrogen and oxygen atoms in total. The first-order valence-corrected chi connectivity index (χ1v) is 13.2.